The molecule has 0 N–H and O–H groups in total. The van der Waals surface area contributed by atoms with Crippen molar-refractivity contribution in [2.24, 2.45) is 0 Å². The molecule has 0 aliphatic carbocycles. The molecule has 1 heterocycles. The van der Waals surface area contributed by atoms with Crippen LogP contribution >= 0.6 is 0 Å². The van der Waals surface area contributed by atoms with Gasteiger partial charge in [0.25, 0.3) is 0 Å². The Morgan fingerprint density at radius 3 is 2.75 bits per heavy atom. The summed E-state index contributed by atoms with van der Waals surface area (Å²) in [5.74, 6) is 0.553. The lowest BCUT2D eigenvalue weighted by molar-refractivity contribution is -0.139. The zero-order valence-electron chi connectivity index (χ0n) is 10.2. The summed E-state index contributed by atoms with van der Waals surface area (Å²) in [4.78, 5) is 17.5. The Morgan fingerprint density at radius 2 is 2.25 bits per heavy atom. The fourth-order valence-electron chi connectivity index (χ4n) is 1.41. The number of hydrogen-bond donors (Lipinski definition) is 0. The SMILES string of the molecule is COC(=O)CN(c1cc(C)ccn1)C(C)C. The Kier molecular flexibility index (Phi) is 4.28. The molecule has 16 heavy (non-hydrogen) atoms. The molecule has 1 rings (SSSR count). The number of pyridine rings is 1. The molecule has 0 unspecified atom stereocenters. The Morgan fingerprint density at radius 1 is 1.56 bits per heavy atom. The number of carbonyl (C=O) groups is 1. The van der Waals surface area contributed by atoms with Crippen LogP contribution in [0.5, 0.6) is 0 Å². The third-order valence-electron chi connectivity index (χ3n) is 2.35. The van der Waals surface area contributed by atoms with Gasteiger partial charge in [-0.25, -0.2) is 4.98 Å². The zero-order chi connectivity index (χ0) is 12.1. The van der Waals surface area contributed by atoms with Crippen LogP contribution in [-0.2, 0) is 9.53 Å². The first-order valence-corrected chi connectivity index (χ1v) is 5.30. The average molecular weight is 222 g/mol. The number of aryl methyl sites for hydroxylation is 1. The lowest BCUT2D eigenvalue weighted by Gasteiger charge is -2.26. The van der Waals surface area contributed by atoms with E-state index in [1.807, 2.05) is 37.8 Å². The van der Waals surface area contributed by atoms with E-state index in [0.29, 0.717) is 0 Å². The molecule has 0 radical (unpaired) electrons. The van der Waals surface area contributed by atoms with Gasteiger partial charge in [0.1, 0.15) is 12.4 Å². The summed E-state index contributed by atoms with van der Waals surface area (Å²) in [5, 5.41) is 0. The topological polar surface area (TPSA) is 42.4 Å². The van der Waals surface area contributed by atoms with E-state index < -0.39 is 0 Å². The lowest BCUT2D eigenvalue weighted by Crippen LogP contribution is -2.36. The smallest absolute Gasteiger partial charge is 0.325 e. The highest BCUT2D eigenvalue weighted by atomic mass is 16.5. The monoisotopic (exact) mass is 222 g/mol. The minimum atomic E-state index is -0.253. The molecule has 4 heteroatoms. The highest BCUT2D eigenvalue weighted by Gasteiger charge is 2.16. The van der Waals surface area contributed by atoms with Crippen LogP contribution in [-0.4, -0.2) is 30.6 Å². The third-order valence-corrected chi connectivity index (χ3v) is 2.35. The van der Waals surface area contributed by atoms with Gasteiger partial charge >= 0.3 is 5.97 Å². The van der Waals surface area contributed by atoms with E-state index in [2.05, 4.69) is 9.72 Å². The van der Waals surface area contributed by atoms with Crippen LogP contribution in [0.15, 0.2) is 18.3 Å². The van der Waals surface area contributed by atoms with Crippen molar-refractivity contribution in [2.45, 2.75) is 26.8 Å². The van der Waals surface area contributed by atoms with E-state index in [-0.39, 0.29) is 18.6 Å². The number of carbonyl (C=O) groups excluding carboxylic acids is 1. The minimum absolute atomic E-state index is 0.202. The molecule has 0 spiro atoms. The van der Waals surface area contributed by atoms with Crippen molar-refractivity contribution in [2.75, 3.05) is 18.6 Å². The molecule has 0 fully saturated rings. The van der Waals surface area contributed by atoms with E-state index in [0.717, 1.165) is 11.4 Å². The fraction of sp³-hybridized carbons (Fsp3) is 0.500. The van der Waals surface area contributed by atoms with Crippen molar-refractivity contribution < 1.29 is 9.53 Å². The van der Waals surface area contributed by atoms with Crippen molar-refractivity contribution >= 4 is 11.8 Å². The summed E-state index contributed by atoms with van der Waals surface area (Å²) in [5.41, 5.74) is 1.13. The van der Waals surface area contributed by atoms with Crippen LogP contribution in [0.3, 0.4) is 0 Å². The van der Waals surface area contributed by atoms with Crippen molar-refractivity contribution in [1.82, 2.24) is 4.98 Å². The predicted molar refractivity (Wildman–Crippen MR) is 63.5 cm³/mol. The summed E-state index contributed by atoms with van der Waals surface area (Å²) in [6.45, 7) is 6.27. The van der Waals surface area contributed by atoms with Gasteiger partial charge in [-0.3, -0.25) is 4.79 Å². The second kappa shape index (κ2) is 5.49. The van der Waals surface area contributed by atoms with Gasteiger partial charge in [-0.2, -0.15) is 0 Å². The minimum Gasteiger partial charge on any atom is -0.468 e. The van der Waals surface area contributed by atoms with Crippen molar-refractivity contribution in [3.8, 4) is 0 Å². The van der Waals surface area contributed by atoms with Crippen molar-refractivity contribution in [1.29, 1.82) is 0 Å². The maximum absolute atomic E-state index is 11.3. The van der Waals surface area contributed by atoms with Gasteiger partial charge in [-0.15, -0.1) is 0 Å². The summed E-state index contributed by atoms with van der Waals surface area (Å²) in [6, 6.07) is 4.09. The van der Waals surface area contributed by atoms with Gasteiger partial charge < -0.3 is 9.64 Å². The van der Waals surface area contributed by atoms with E-state index in [9.17, 15) is 4.79 Å². The maximum atomic E-state index is 11.3. The Hall–Kier alpha value is -1.58. The molecular weight excluding hydrogens is 204 g/mol. The predicted octanol–water partition coefficient (Wildman–Crippen LogP) is 1.78. The van der Waals surface area contributed by atoms with E-state index in [1.165, 1.54) is 7.11 Å². The molecule has 0 saturated heterocycles. The van der Waals surface area contributed by atoms with Crippen LogP contribution in [0.25, 0.3) is 0 Å². The highest BCUT2D eigenvalue weighted by Crippen LogP contribution is 2.14. The molecule has 1 aromatic heterocycles. The molecule has 0 atom stereocenters. The number of ether oxygens (including phenoxy) is 1. The number of methoxy groups -OCH3 is 1. The zero-order valence-corrected chi connectivity index (χ0v) is 10.2. The largest absolute Gasteiger partial charge is 0.468 e. The summed E-state index contributed by atoms with van der Waals surface area (Å²) >= 11 is 0. The number of nitrogens with zero attached hydrogens (tertiary/aromatic N) is 2. The quantitative estimate of drug-likeness (QED) is 0.728. The standard InChI is InChI=1S/C12H18N2O2/c1-9(2)14(8-12(15)16-4)11-7-10(3)5-6-13-11/h5-7,9H,8H2,1-4H3. The first-order chi connectivity index (χ1) is 7.54. The molecule has 0 aromatic carbocycles. The average Bonchev–Trinajstić information content (AvgIpc) is 2.25. The Balaban J connectivity index is 2.89. The number of aromatic nitrogens is 1. The summed E-state index contributed by atoms with van der Waals surface area (Å²) in [7, 11) is 1.39. The molecule has 0 aliphatic rings. The summed E-state index contributed by atoms with van der Waals surface area (Å²) < 4.78 is 4.67. The summed E-state index contributed by atoms with van der Waals surface area (Å²) in [6.07, 6.45) is 1.75. The second-order valence-electron chi connectivity index (χ2n) is 3.99. The van der Waals surface area contributed by atoms with Crippen LogP contribution in [0.2, 0.25) is 0 Å². The number of rotatable bonds is 4. The molecule has 1 aromatic rings. The van der Waals surface area contributed by atoms with Crippen LogP contribution in [0.1, 0.15) is 19.4 Å². The Bertz CT molecular complexity index is 364. The van der Waals surface area contributed by atoms with Gasteiger partial charge in [0, 0.05) is 12.2 Å². The van der Waals surface area contributed by atoms with Crippen molar-refractivity contribution in [3.63, 3.8) is 0 Å². The van der Waals surface area contributed by atoms with Gasteiger partial charge in [0.05, 0.1) is 7.11 Å². The number of esters is 1. The van der Waals surface area contributed by atoms with Gasteiger partial charge in [0.2, 0.25) is 0 Å². The molecule has 88 valence electrons. The molecular formula is C12H18N2O2. The highest BCUT2D eigenvalue weighted by molar-refractivity contribution is 5.75. The molecule has 4 nitrogen and oxygen atoms in total. The molecule has 0 bridgehead atoms. The molecule has 0 aliphatic heterocycles. The van der Waals surface area contributed by atoms with Crippen LogP contribution in [0, 0.1) is 6.92 Å². The molecule has 0 amide bonds. The molecule has 0 saturated carbocycles. The van der Waals surface area contributed by atoms with Gasteiger partial charge in [0.15, 0.2) is 0 Å². The maximum Gasteiger partial charge on any atom is 0.325 e. The lowest BCUT2D eigenvalue weighted by atomic mass is 10.2. The Labute approximate surface area is 96.2 Å². The van der Waals surface area contributed by atoms with Crippen LogP contribution in [0.4, 0.5) is 5.82 Å². The van der Waals surface area contributed by atoms with Crippen LogP contribution < -0.4 is 4.90 Å². The normalized spacial score (nSPS) is 10.3. The second-order valence-corrected chi connectivity index (χ2v) is 3.99. The van der Waals surface area contributed by atoms with E-state index in [4.69, 9.17) is 0 Å². The first kappa shape index (κ1) is 12.5. The van der Waals surface area contributed by atoms with E-state index in [1.54, 1.807) is 6.20 Å². The number of anilines is 1. The first-order valence-electron chi connectivity index (χ1n) is 5.30. The van der Waals surface area contributed by atoms with E-state index >= 15 is 0 Å². The number of hydrogen-bond acceptors (Lipinski definition) is 4. The third kappa shape index (κ3) is 3.22. The van der Waals surface area contributed by atoms with Gasteiger partial charge in [-0.1, -0.05) is 0 Å². The van der Waals surface area contributed by atoms with Crippen molar-refractivity contribution in [3.05, 3.63) is 23.9 Å². The van der Waals surface area contributed by atoms with Gasteiger partial charge in [-0.05, 0) is 38.5 Å². The fourth-order valence-corrected chi connectivity index (χ4v) is 1.41.